The Morgan fingerprint density at radius 2 is 1.72 bits per heavy atom. The molecule has 1 amide bonds. The van der Waals surface area contributed by atoms with Crippen LogP contribution in [0.25, 0.3) is 0 Å². The number of hydrogen-bond acceptors (Lipinski definition) is 3. The first kappa shape index (κ1) is 17.4. The van der Waals surface area contributed by atoms with Crippen LogP contribution in [0.2, 0.25) is 5.02 Å². The van der Waals surface area contributed by atoms with Crippen molar-refractivity contribution in [2.45, 2.75) is 18.3 Å². The van der Waals surface area contributed by atoms with Crippen LogP contribution in [0.3, 0.4) is 0 Å². The third-order valence-electron chi connectivity index (χ3n) is 3.83. The van der Waals surface area contributed by atoms with Crippen molar-refractivity contribution < 1.29 is 23.1 Å². The zero-order valence-corrected chi connectivity index (χ0v) is 13.4. The van der Waals surface area contributed by atoms with Crippen LogP contribution in [-0.2, 0) is 0 Å². The van der Waals surface area contributed by atoms with E-state index in [1.54, 1.807) is 6.07 Å². The Morgan fingerprint density at radius 1 is 1.12 bits per heavy atom. The van der Waals surface area contributed by atoms with Crippen LogP contribution in [-0.4, -0.2) is 33.6 Å². The summed E-state index contributed by atoms with van der Waals surface area (Å²) in [6, 6.07) is 13.3. The smallest absolute Gasteiger partial charge is 0.362 e. The summed E-state index contributed by atoms with van der Waals surface area (Å²) in [4.78, 5) is 12.5. The van der Waals surface area contributed by atoms with E-state index in [4.69, 9.17) is 11.6 Å². The fourth-order valence-electron chi connectivity index (χ4n) is 2.49. The van der Waals surface area contributed by atoms with Crippen molar-refractivity contribution in [1.29, 1.82) is 0 Å². The quantitative estimate of drug-likeness (QED) is 0.875. The summed E-state index contributed by atoms with van der Waals surface area (Å²) >= 11 is 5.77. The molecule has 1 N–H and O–H groups in total. The molecule has 2 aromatic rings. The molecule has 0 fully saturated rings. The van der Waals surface area contributed by atoms with Gasteiger partial charge < -0.3 is 5.11 Å². The molecular weight excluding hydrogens is 357 g/mol. The number of nitrogens with zero attached hydrogens (tertiary/aromatic N) is 2. The monoisotopic (exact) mass is 368 g/mol. The van der Waals surface area contributed by atoms with Crippen LogP contribution in [0.1, 0.15) is 22.3 Å². The lowest BCUT2D eigenvalue weighted by Crippen LogP contribution is -2.56. The Kier molecular flexibility index (Phi) is 4.30. The number of hydrogen-bond donors (Lipinski definition) is 1. The molecule has 3 rings (SSSR count). The molecule has 0 saturated heterocycles. The second kappa shape index (κ2) is 6.16. The van der Waals surface area contributed by atoms with Crippen LogP contribution in [0, 0.1) is 0 Å². The third-order valence-corrected chi connectivity index (χ3v) is 4.08. The van der Waals surface area contributed by atoms with Gasteiger partial charge in [0.05, 0.1) is 12.1 Å². The summed E-state index contributed by atoms with van der Waals surface area (Å²) in [5, 5.41) is 14.5. The van der Waals surface area contributed by atoms with Crippen molar-refractivity contribution >= 4 is 23.2 Å². The van der Waals surface area contributed by atoms with Crippen molar-refractivity contribution in [3.63, 3.8) is 0 Å². The van der Waals surface area contributed by atoms with Gasteiger partial charge in [0.1, 0.15) is 0 Å². The minimum atomic E-state index is -5.07. The van der Waals surface area contributed by atoms with Gasteiger partial charge >= 0.3 is 6.18 Å². The summed E-state index contributed by atoms with van der Waals surface area (Å²) in [5.74, 6) is -1.04. The molecule has 0 saturated carbocycles. The van der Waals surface area contributed by atoms with Gasteiger partial charge in [0.25, 0.3) is 11.6 Å². The normalized spacial score (nSPS) is 20.5. The van der Waals surface area contributed by atoms with E-state index in [1.165, 1.54) is 48.5 Å². The van der Waals surface area contributed by atoms with Gasteiger partial charge in [-0.3, -0.25) is 4.79 Å². The summed E-state index contributed by atoms with van der Waals surface area (Å²) in [6.45, 7) is 0. The highest BCUT2D eigenvalue weighted by molar-refractivity contribution is 6.30. The van der Waals surface area contributed by atoms with Crippen molar-refractivity contribution in [3.8, 4) is 0 Å². The molecule has 0 aliphatic carbocycles. The van der Waals surface area contributed by atoms with E-state index in [1.807, 2.05) is 0 Å². The lowest BCUT2D eigenvalue weighted by molar-refractivity contribution is -0.297. The number of carbonyl (C=O) groups excluding carboxylic acids is 1. The number of amides is 1. The molecule has 2 aromatic carbocycles. The minimum absolute atomic E-state index is 0.00807. The van der Waals surface area contributed by atoms with E-state index in [9.17, 15) is 23.1 Å². The first-order valence-electron chi connectivity index (χ1n) is 7.24. The Hall–Kier alpha value is -2.38. The number of halogens is 4. The van der Waals surface area contributed by atoms with E-state index in [2.05, 4.69) is 5.10 Å². The van der Waals surface area contributed by atoms with Crippen molar-refractivity contribution in [2.24, 2.45) is 5.10 Å². The van der Waals surface area contributed by atoms with E-state index in [0.717, 1.165) is 0 Å². The number of benzene rings is 2. The van der Waals surface area contributed by atoms with E-state index in [0.29, 0.717) is 10.6 Å². The number of alkyl halides is 3. The zero-order chi connectivity index (χ0) is 18.2. The SMILES string of the molecule is O=C(c1ccccc1)N1N=C(c2ccc(Cl)cc2)C[C@@]1(O)C(F)(F)F. The van der Waals surface area contributed by atoms with Crippen LogP contribution >= 0.6 is 11.6 Å². The number of carbonyl (C=O) groups is 1. The summed E-state index contributed by atoms with van der Waals surface area (Å²) < 4.78 is 40.5. The molecule has 1 heterocycles. The van der Waals surface area contributed by atoms with E-state index >= 15 is 0 Å². The Bertz CT molecular complexity index is 822. The summed E-state index contributed by atoms with van der Waals surface area (Å²) in [7, 11) is 0. The molecule has 8 heteroatoms. The molecule has 0 unspecified atom stereocenters. The average Bonchev–Trinajstić information content (AvgIpc) is 2.94. The first-order chi connectivity index (χ1) is 11.7. The molecule has 1 aliphatic heterocycles. The zero-order valence-electron chi connectivity index (χ0n) is 12.7. The standard InChI is InChI=1S/C17H12ClF3N2O2/c18-13-8-6-11(7-9-13)14-10-16(25,17(19,20)21)23(22-14)15(24)12-4-2-1-3-5-12/h1-9,25H,10H2/t16-/m1/s1. The second-order valence-corrected chi connectivity index (χ2v) is 5.96. The molecule has 4 nitrogen and oxygen atoms in total. The van der Waals surface area contributed by atoms with Gasteiger partial charge in [0.15, 0.2) is 0 Å². The van der Waals surface area contributed by atoms with Gasteiger partial charge in [-0.2, -0.15) is 23.3 Å². The molecular formula is C17H12ClF3N2O2. The number of aliphatic hydroxyl groups is 1. The molecule has 0 aromatic heterocycles. The molecule has 1 atom stereocenters. The highest BCUT2D eigenvalue weighted by atomic mass is 35.5. The molecule has 130 valence electrons. The topological polar surface area (TPSA) is 52.9 Å². The minimum Gasteiger partial charge on any atom is -0.362 e. The molecule has 0 radical (unpaired) electrons. The van der Waals surface area contributed by atoms with Crippen molar-refractivity contribution in [2.75, 3.05) is 0 Å². The third kappa shape index (κ3) is 3.12. The maximum Gasteiger partial charge on any atom is 0.438 e. The van der Waals surface area contributed by atoms with Gasteiger partial charge in [0, 0.05) is 10.6 Å². The fraction of sp³-hybridized carbons (Fsp3) is 0.176. The van der Waals surface area contributed by atoms with Crippen LogP contribution in [0.15, 0.2) is 59.7 Å². The Balaban J connectivity index is 2.04. The lowest BCUT2D eigenvalue weighted by atomic mass is 10.0. The summed E-state index contributed by atoms with van der Waals surface area (Å²) in [6.07, 6.45) is -5.94. The van der Waals surface area contributed by atoms with E-state index in [-0.39, 0.29) is 16.3 Å². The van der Waals surface area contributed by atoms with Gasteiger partial charge in [-0.25, -0.2) is 0 Å². The maximum atomic E-state index is 13.5. The predicted octanol–water partition coefficient (Wildman–Crippen LogP) is 3.84. The first-order valence-corrected chi connectivity index (χ1v) is 7.62. The maximum absolute atomic E-state index is 13.5. The molecule has 0 spiro atoms. The van der Waals surface area contributed by atoms with Gasteiger partial charge in [0.2, 0.25) is 0 Å². The largest absolute Gasteiger partial charge is 0.438 e. The molecule has 1 aliphatic rings. The predicted molar refractivity (Wildman–Crippen MR) is 86.2 cm³/mol. The Morgan fingerprint density at radius 3 is 2.28 bits per heavy atom. The van der Waals surface area contributed by atoms with E-state index < -0.39 is 24.2 Å². The Labute approximate surface area is 146 Å². The lowest BCUT2D eigenvalue weighted by Gasteiger charge is -2.32. The van der Waals surface area contributed by atoms with Gasteiger partial charge in [-0.15, -0.1) is 0 Å². The average molecular weight is 369 g/mol. The van der Waals surface area contributed by atoms with Crippen LogP contribution in [0.4, 0.5) is 13.2 Å². The van der Waals surface area contributed by atoms with Gasteiger partial charge in [-0.1, -0.05) is 41.9 Å². The van der Waals surface area contributed by atoms with Crippen LogP contribution in [0.5, 0.6) is 0 Å². The van der Waals surface area contributed by atoms with Crippen LogP contribution < -0.4 is 0 Å². The molecule has 0 bridgehead atoms. The summed E-state index contributed by atoms with van der Waals surface area (Å²) in [5.41, 5.74) is -3.13. The van der Waals surface area contributed by atoms with Crippen molar-refractivity contribution in [3.05, 3.63) is 70.7 Å². The number of rotatable bonds is 2. The number of hydrazone groups is 1. The molecule has 25 heavy (non-hydrogen) atoms. The highest BCUT2D eigenvalue weighted by Gasteiger charge is 2.63. The van der Waals surface area contributed by atoms with Crippen molar-refractivity contribution in [1.82, 2.24) is 5.01 Å². The second-order valence-electron chi connectivity index (χ2n) is 5.53. The highest BCUT2D eigenvalue weighted by Crippen LogP contribution is 2.42. The fourth-order valence-corrected chi connectivity index (χ4v) is 2.61. The van der Waals surface area contributed by atoms with Gasteiger partial charge in [-0.05, 0) is 29.8 Å².